The van der Waals surface area contributed by atoms with Crippen molar-refractivity contribution in [3.05, 3.63) is 49.8 Å². The number of hydrogen-bond acceptors (Lipinski definition) is 1. The van der Waals surface area contributed by atoms with E-state index in [1.165, 1.54) is 0 Å². The topological polar surface area (TPSA) is 22.0 Å². The van der Waals surface area contributed by atoms with Gasteiger partial charge in [-0.3, -0.25) is 4.79 Å². The molecule has 0 saturated heterocycles. The summed E-state index contributed by atoms with van der Waals surface area (Å²) in [6.45, 7) is 6.86. The van der Waals surface area contributed by atoms with Crippen LogP contribution in [0.1, 0.15) is 12.8 Å². The number of Topliss-reactive ketones (excluding diaryl/α,β-unsaturated/α-hetero) is 1. The lowest BCUT2D eigenvalue weighted by Gasteiger charge is -1.85. The summed E-state index contributed by atoms with van der Waals surface area (Å²) >= 11 is 0. The van der Waals surface area contributed by atoms with Crippen LogP contribution in [0.25, 0.3) is 0 Å². The summed E-state index contributed by atoms with van der Waals surface area (Å²) in [6.07, 6.45) is 8.13. The van der Waals surface area contributed by atoms with E-state index in [0.29, 0.717) is 12.8 Å². The first-order valence-corrected chi connectivity index (χ1v) is 4.51. The van der Waals surface area contributed by atoms with Gasteiger partial charge in [-0.2, -0.15) is 0 Å². The molecule has 1 aromatic heterocycles. The van der Waals surface area contributed by atoms with Gasteiger partial charge in [0.15, 0.2) is 0 Å². The quantitative estimate of drug-likeness (QED) is 0.671. The average molecular weight is 191 g/mol. The first-order chi connectivity index (χ1) is 6.70. The number of ketones is 1. The van der Waals surface area contributed by atoms with E-state index in [0.717, 1.165) is 0 Å². The number of nitrogens with zero attached hydrogens (tertiary/aromatic N) is 1. The summed E-state index contributed by atoms with van der Waals surface area (Å²) in [5.41, 5.74) is 0. The van der Waals surface area contributed by atoms with E-state index in [1.807, 2.05) is 36.1 Å². The van der Waals surface area contributed by atoms with Crippen LogP contribution in [0.2, 0.25) is 0 Å². The molecule has 1 rings (SSSR count). The molecule has 0 aliphatic heterocycles. The summed E-state index contributed by atoms with van der Waals surface area (Å²) < 4.78 is 2.00. The molecule has 0 spiro atoms. The number of aromatic nitrogens is 1. The van der Waals surface area contributed by atoms with Crippen LogP contribution in [-0.2, 0) is 11.8 Å². The zero-order valence-corrected chi connectivity index (χ0v) is 8.65. The standard InChI is InChI=1S/C7H10O.C5H7N/c1-3-5-7(8)6-4-2;1-6-4-2-3-5-6/h3-4H,1-2,5-6H2;2-5H,1H3. The van der Waals surface area contributed by atoms with Crippen LogP contribution >= 0.6 is 0 Å². The summed E-state index contributed by atoms with van der Waals surface area (Å²) in [4.78, 5) is 10.5. The second-order valence-electron chi connectivity index (χ2n) is 2.87. The Bertz CT molecular complexity index is 261. The maximum atomic E-state index is 10.5. The predicted octanol–water partition coefficient (Wildman–Crippen LogP) is 2.73. The van der Waals surface area contributed by atoms with Gasteiger partial charge in [0.1, 0.15) is 5.78 Å². The van der Waals surface area contributed by atoms with Gasteiger partial charge in [0.25, 0.3) is 0 Å². The highest BCUT2D eigenvalue weighted by Crippen LogP contribution is 1.89. The van der Waals surface area contributed by atoms with Crippen molar-refractivity contribution < 1.29 is 4.79 Å². The largest absolute Gasteiger partial charge is 0.357 e. The van der Waals surface area contributed by atoms with Crippen LogP contribution in [-0.4, -0.2) is 10.4 Å². The minimum absolute atomic E-state index is 0.176. The third-order valence-electron chi connectivity index (χ3n) is 1.50. The Balaban J connectivity index is 0.000000249. The second kappa shape index (κ2) is 8.05. The Labute approximate surface area is 85.6 Å². The van der Waals surface area contributed by atoms with Crippen molar-refractivity contribution in [3.63, 3.8) is 0 Å². The van der Waals surface area contributed by atoms with Gasteiger partial charge in [-0.1, -0.05) is 12.2 Å². The summed E-state index contributed by atoms with van der Waals surface area (Å²) in [5, 5.41) is 0. The molecule has 76 valence electrons. The van der Waals surface area contributed by atoms with Gasteiger partial charge >= 0.3 is 0 Å². The minimum atomic E-state index is 0.176. The van der Waals surface area contributed by atoms with E-state index >= 15 is 0 Å². The van der Waals surface area contributed by atoms with Crippen LogP contribution in [0.15, 0.2) is 49.8 Å². The van der Waals surface area contributed by atoms with Crippen molar-refractivity contribution in [3.8, 4) is 0 Å². The van der Waals surface area contributed by atoms with Crippen molar-refractivity contribution in [1.29, 1.82) is 0 Å². The maximum absolute atomic E-state index is 10.5. The first kappa shape index (κ1) is 12.4. The smallest absolute Gasteiger partial charge is 0.140 e. The van der Waals surface area contributed by atoms with E-state index in [4.69, 9.17) is 0 Å². The molecular weight excluding hydrogens is 174 g/mol. The van der Waals surface area contributed by atoms with Gasteiger partial charge < -0.3 is 4.57 Å². The second-order valence-corrected chi connectivity index (χ2v) is 2.87. The zero-order valence-electron chi connectivity index (χ0n) is 8.65. The van der Waals surface area contributed by atoms with Gasteiger partial charge in [-0.05, 0) is 12.1 Å². The monoisotopic (exact) mass is 191 g/mol. The Hall–Kier alpha value is -1.57. The van der Waals surface area contributed by atoms with Crippen molar-refractivity contribution >= 4 is 5.78 Å². The van der Waals surface area contributed by atoms with E-state index in [1.54, 1.807) is 12.2 Å². The lowest BCUT2D eigenvalue weighted by Crippen LogP contribution is -1.90. The molecule has 0 radical (unpaired) electrons. The van der Waals surface area contributed by atoms with Gasteiger partial charge in [-0.15, -0.1) is 13.2 Å². The van der Waals surface area contributed by atoms with Crippen LogP contribution in [0, 0.1) is 0 Å². The van der Waals surface area contributed by atoms with E-state index in [2.05, 4.69) is 13.2 Å². The third kappa shape index (κ3) is 7.10. The molecule has 0 atom stereocenters. The van der Waals surface area contributed by atoms with Crippen LogP contribution in [0.4, 0.5) is 0 Å². The molecule has 0 amide bonds. The van der Waals surface area contributed by atoms with Crippen LogP contribution in [0.3, 0.4) is 0 Å². The van der Waals surface area contributed by atoms with E-state index in [9.17, 15) is 4.79 Å². The summed E-state index contributed by atoms with van der Waals surface area (Å²) in [5.74, 6) is 0.176. The SMILES string of the molecule is C=CCC(=O)CC=C.Cn1cccc1. The van der Waals surface area contributed by atoms with Gasteiger partial charge in [0.05, 0.1) is 0 Å². The van der Waals surface area contributed by atoms with E-state index in [-0.39, 0.29) is 5.78 Å². The number of carbonyl (C=O) groups is 1. The molecule has 0 aliphatic rings. The first-order valence-electron chi connectivity index (χ1n) is 4.51. The molecule has 0 unspecified atom stereocenters. The Morgan fingerprint density at radius 3 is 1.86 bits per heavy atom. The van der Waals surface area contributed by atoms with Crippen LogP contribution in [0.5, 0.6) is 0 Å². The van der Waals surface area contributed by atoms with Crippen molar-refractivity contribution in [2.24, 2.45) is 7.05 Å². The zero-order chi connectivity index (χ0) is 10.8. The highest BCUT2D eigenvalue weighted by Gasteiger charge is 1.91. The van der Waals surface area contributed by atoms with Crippen molar-refractivity contribution in [2.45, 2.75) is 12.8 Å². The molecule has 0 aromatic carbocycles. The number of hydrogen-bond donors (Lipinski definition) is 0. The lowest BCUT2D eigenvalue weighted by atomic mass is 10.2. The van der Waals surface area contributed by atoms with Gasteiger partial charge in [-0.25, -0.2) is 0 Å². The Morgan fingerprint density at radius 2 is 1.64 bits per heavy atom. The molecule has 2 heteroatoms. The fourth-order valence-corrected chi connectivity index (χ4v) is 0.826. The fraction of sp³-hybridized carbons (Fsp3) is 0.250. The summed E-state index contributed by atoms with van der Waals surface area (Å²) in [6, 6.07) is 4.00. The summed E-state index contributed by atoms with van der Waals surface area (Å²) in [7, 11) is 2.00. The maximum Gasteiger partial charge on any atom is 0.140 e. The number of rotatable bonds is 4. The minimum Gasteiger partial charge on any atom is -0.357 e. The Kier molecular flexibility index (Phi) is 7.15. The average Bonchev–Trinajstić information content (AvgIpc) is 2.58. The molecule has 2 nitrogen and oxygen atoms in total. The van der Waals surface area contributed by atoms with Gasteiger partial charge in [0.2, 0.25) is 0 Å². The molecule has 0 aliphatic carbocycles. The number of allylic oxidation sites excluding steroid dienone is 2. The molecule has 1 heterocycles. The highest BCUT2D eigenvalue weighted by molar-refractivity contribution is 5.80. The number of aryl methyl sites for hydroxylation is 1. The molecular formula is C12H17NO. The molecule has 1 aromatic rings. The molecule has 0 saturated carbocycles. The third-order valence-corrected chi connectivity index (χ3v) is 1.50. The van der Waals surface area contributed by atoms with Crippen LogP contribution < -0.4 is 0 Å². The Morgan fingerprint density at radius 1 is 1.21 bits per heavy atom. The van der Waals surface area contributed by atoms with Crippen molar-refractivity contribution in [2.75, 3.05) is 0 Å². The number of carbonyl (C=O) groups excluding carboxylic acids is 1. The molecule has 0 N–H and O–H groups in total. The van der Waals surface area contributed by atoms with Gasteiger partial charge in [0, 0.05) is 32.3 Å². The molecule has 0 fully saturated rings. The highest BCUT2D eigenvalue weighted by atomic mass is 16.1. The lowest BCUT2D eigenvalue weighted by molar-refractivity contribution is -0.117. The molecule has 0 bridgehead atoms. The van der Waals surface area contributed by atoms with Crippen molar-refractivity contribution in [1.82, 2.24) is 4.57 Å². The van der Waals surface area contributed by atoms with E-state index < -0.39 is 0 Å². The fourth-order valence-electron chi connectivity index (χ4n) is 0.826. The predicted molar refractivity (Wildman–Crippen MR) is 60.0 cm³/mol. The molecule has 14 heavy (non-hydrogen) atoms. The normalized spacial score (nSPS) is 8.36.